The number of benzene rings is 6. The molecule has 0 unspecified atom stereocenters. The van der Waals surface area contributed by atoms with Crippen LogP contribution in [-0.2, 0) is 19.2 Å². The van der Waals surface area contributed by atoms with Crippen molar-refractivity contribution in [3.8, 4) is 34.1 Å². The summed E-state index contributed by atoms with van der Waals surface area (Å²) in [6.07, 6.45) is 3.10. The van der Waals surface area contributed by atoms with Gasteiger partial charge in [0.15, 0.2) is 0 Å². The number of ether oxygens (including phenoxy) is 4. The Kier molecular flexibility index (Phi) is 12.1. The summed E-state index contributed by atoms with van der Waals surface area (Å²) in [6, 6.07) is 39.0. The van der Waals surface area contributed by atoms with Gasteiger partial charge in [-0.2, -0.15) is 10.2 Å². The van der Waals surface area contributed by atoms with E-state index in [1.54, 1.807) is 121 Å². The Balaban J connectivity index is 1.02. The minimum absolute atomic E-state index is 0.0487. The monoisotopic (exact) mass is 852 g/mol. The second kappa shape index (κ2) is 18.5. The summed E-state index contributed by atoms with van der Waals surface area (Å²) in [6.45, 7) is 0. The number of methoxy groups -OCH3 is 4. The number of hydrogen-bond donors (Lipinski definition) is 4. The number of nitrogens with one attached hydrogen (secondary N) is 4. The van der Waals surface area contributed by atoms with Crippen LogP contribution >= 0.6 is 0 Å². The average molecular weight is 853 g/mol. The lowest BCUT2D eigenvalue weighted by atomic mass is 9.89. The Morgan fingerprint density at radius 2 is 0.812 bits per heavy atom. The number of nitrogens with zero attached hydrogens (tertiary/aromatic N) is 2. The molecule has 0 aliphatic heterocycles. The molecule has 0 fully saturated rings. The Hall–Kier alpha value is -8.78. The van der Waals surface area contributed by atoms with E-state index in [4.69, 9.17) is 18.9 Å². The zero-order valence-corrected chi connectivity index (χ0v) is 35.0. The van der Waals surface area contributed by atoms with Gasteiger partial charge < -0.3 is 29.6 Å². The SMILES string of the molecule is COc1cc(-c2ccc(N/N=C3\C(=O)C(C(=O)Nc4ccccc4OC)=Cc4ccccc43)c(OC)c2)ccc1N/N=C1\C(=O)C(C(=O)Nc2ccccc2OC)=Cc2ccccc21. The quantitative estimate of drug-likeness (QED) is 0.0654. The number of fused-ring (bicyclic) bond motifs is 2. The molecule has 0 heterocycles. The summed E-state index contributed by atoms with van der Waals surface area (Å²) < 4.78 is 22.2. The van der Waals surface area contributed by atoms with Crippen LogP contribution in [0.4, 0.5) is 22.7 Å². The van der Waals surface area contributed by atoms with Gasteiger partial charge in [-0.1, -0.05) is 84.9 Å². The molecule has 0 atom stereocenters. The van der Waals surface area contributed by atoms with Crippen LogP contribution in [0, 0.1) is 0 Å². The molecule has 0 aromatic heterocycles. The van der Waals surface area contributed by atoms with E-state index in [9.17, 15) is 19.2 Å². The van der Waals surface area contributed by atoms with Crippen LogP contribution in [0.15, 0.2) is 155 Å². The summed E-state index contributed by atoms with van der Waals surface area (Å²) in [4.78, 5) is 54.7. The molecular formula is C50H40N6O8. The third-order valence-corrected chi connectivity index (χ3v) is 10.5. The Morgan fingerprint density at radius 3 is 1.22 bits per heavy atom. The van der Waals surface area contributed by atoms with Crippen LogP contribution in [0.1, 0.15) is 22.3 Å². The van der Waals surface area contributed by atoms with Crippen molar-refractivity contribution in [1.82, 2.24) is 0 Å². The molecule has 0 saturated carbocycles. The number of hydrazone groups is 2. The average Bonchev–Trinajstić information content (AvgIpc) is 3.33. The Bertz CT molecular complexity index is 2790. The predicted octanol–water partition coefficient (Wildman–Crippen LogP) is 8.23. The highest BCUT2D eigenvalue weighted by molar-refractivity contribution is 6.60. The number of anilines is 4. The van der Waals surface area contributed by atoms with Crippen molar-refractivity contribution >= 4 is 69.7 Å². The van der Waals surface area contributed by atoms with Gasteiger partial charge in [-0.15, -0.1) is 0 Å². The zero-order valence-electron chi connectivity index (χ0n) is 35.0. The van der Waals surface area contributed by atoms with E-state index in [1.807, 2.05) is 24.3 Å². The summed E-state index contributed by atoms with van der Waals surface area (Å²) in [5.41, 5.74) is 11.6. The molecule has 0 saturated heterocycles. The zero-order chi connectivity index (χ0) is 44.7. The molecule has 2 amide bonds. The number of amides is 2. The van der Waals surface area contributed by atoms with Crippen LogP contribution in [0.2, 0.25) is 0 Å². The maximum atomic E-state index is 13.9. The molecule has 0 spiro atoms. The third-order valence-electron chi connectivity index (χ3n) is 10.5. The van der Waals surface area contributed by atoms with E-state index in [2.05, 4.69) is 31.7 Å². The molecule has 318 valence electrons. The van der Waals surface area contributed by atoms with Crippen LogP contribution in [0.5, 0.6) is 23.0 Å². The smallest absolute Gasteiger partial charge is 0.259 e. The molecular weight excluding hydrogens is 813 g/mol. The fourth-order valence-electron chi connectivity index (χ4n) is 7.21. The highest BCUT2D eigenvalue weighted by Crippen LogP contribution is 2.36. The number of para-hydroxylation sites is 4. The van der Waals surface area contributed by atoms with Gasteiger partial charge in [-0.25, -0.2) is 0 Å². The fraction of sp³-hybridized carbons (Fsp3) is 0.0800. The van der Waals surface area contributed by atoms with Gasteiger partial charge in [-0.3, -0.25) is 30.0 Å². The van der Waals surface area contributed by atoms with Crippen molar-refractivity contribution in [2.24, 2.45) is 10.2 Å². The number of carbonyl (C=O) groups is 4. The maximum Gasteiger partial charge on any atom is 0.259 e. The van der Waals surface area contributed by atoms with Gasteiger partial charge in [0.05, 0.1) is 62.3 Å². The first-order valence-corrected chi connectivity index (χ1v) is 19.9. The minimum Gasteiger partial charge on any atom is -0.495 e. The van der Waals surface area contributed by atoms with Crippen molar-refractivity contribution in [1.29, 1.82) is 0 Å². The second-order valence-corrected chi connectivity index (χ2v) is 14.2. The van der Waals surface area contributed by atoms with E-state index in [0.717, 1.165) is 11.1 Å². The first-order valence-electron chi connectivity index (χ1n) is 19.9. The van der Waals surface area contributed by atoms with Crippen LogP contribution in [0.3, 0.4) is 0 Å². The minimum atomic E-state index is -0.605. The fourth-order valence-corrected chi connectivity index (χ4v) is 7.21. The van der Waals surface area contributed by atoms with Crippen molar-refractivity contribution in [3.63, 3.8) is 0 Å². The molecule has 2 aliphatic rings. The highest BCUT2D eigenvalue weighted by atomic mass is 16.5. The van der Waals surface area contributed by atoms with E-state index >= 15 is 0 Å². The molecule has 14 nitrogen and oxygen atoms in total. The van der Waals surface area contributed by atoms with E-state index < -0.39 is 23.4 Å². The van der Waals surface area contributed by atoms with Gasteiger partial charge in [0, 0.05) is 11.1 Å². The van der Waals surface area contributed by atoms with Gasteiger partial charge in [0.25, 0.3) is 11.8 Å². The van der Waals surface area contributed by atoms with Gasteiger partial charge in [0.1, 0.15) is 34.4 Å². The van der Waals surface area contributed by atoms with Crippen LogP contribution in [-0.4, -0.2) is 63.2 Å². The lowest BCUT2D eigenvalue weighted by molar-refractivity contribution is -0.118. The number of rotatable bonds is 13. The predicted molar refractivity (Wildman–Crippen MR) is 247 cm³/mol. The normalized spacial score (nSPS) is 14.1. The molecule has 8 rings (SSSR count). The number of ketones is 2. The Labute approximate surface area is 367 Å². The summed E-state index contributed by atoms with van der Waals surface area (Å²) in [5.74, 6) is -0.598. The number of carbonyl (C=O) groups excluding carboxylic acids is 4. The summed E-state index contributed by atoms with van der Waals surface area (Å²) in [5, 5.41) is 14.6. The molecule has 4 N–H and O–H groups in total. The van der Waals surface area contributed by atoms with Gasteiger partial charge in [0.2, 0.25) is 11.6 Å². The van der Waals surface area contributed by atoms with Crippen molar-refractivity contribution in [2.45, 2.75) is 0 Å². The molecule has 6 aromatic carbocycles. The van der Waals surface area contributed by atoms with E-state index in [-0.39, 0.29) is 22.6 Å². The van der Waals surface area contributed by atoms with Gasteiger partial charge in [-0.05, 0) is 82.9 Å². The first-order chi connectivity index (χ1) is 31.2. The number of Topliss-reactive ketones (excluding diaryl/α,β-unsaturated/α-hetero) is 2. The van der Waals surface area contributed by atoms with Crippen molar-refractivity contribution in [2.75, 3.05) is 49.9 Å². The van der Waals surface area contributed by atoms with E-state index in [1.165, 1.54) is 28.4 Å². The molecule has 64 heavy (non-hydrogen) atoms. The molecule has 14 heteroatoms. The molecule has 0 bridgehead atoms. The number of hydrogen-bond acceptors (Lipinski definition) is 12. The summed E-state index contributed by atoms with van der Waals surface area (Å²) in [7, 11) is 6.03. The highest BCUT2D eigenvalue weighted by Gasteiger charge is 2.32. The first kappa shape index (κ1) is 41.9. The van der Waals surface area contributed by atoms with Crippen molar-refractivity contribution < 1.29 is 38.1 Å². The van der Waals surface area contributed by atoms with E-state index in [0.29, 0.717) is 68.0 Å². The van der Waals surface area contributed by atoms with Crippen molar-refractivity contribution in [3.05, 3.63) is 167 Å². The second-order valence-electron chi connectivity index (χ2n) is 14.2. The third kappa shape index (κ3) is 8.43. The topological polar surface area (TPSA) is 178 Å². The largest absolute Gasteiger partial charge is 0.495 e. The van der Waals surface area contributed by atoms with Gasteiger partial charge >= 0.3 is 0 Å². The summed E-state index contributed by atoms with van der Waals surface area (Å²) >= 11 is 0. The molecule has 6 aromatic rings. The molecule has 2 aliphatic carbocycles. The molecule has 0 radical (unpaired) electrons. The maximum absolute atomic E-state index is 13.9. The van der Waals surface area contributed by atoms with Crippen LogP contribution < -0.4 is 40.4 Å². The lowest BCUT2D eigenvalue weighted by Crippen LogP contribution is -2.30. The Morgan fingerprint density at radius 1 is 0.438 bits per heavy atom. The standard InChI is InChI=1S/C50H40N6O8/c1-61-41-19-11-9-17-37(41)51-49(59)35-25-31-13-5-7-15-33(31)45(47(35)57)55-53-39-23-21-29(27-43(39)63-3)30-22-24-40(44(28-30)64-4)54-56-46-34-16-8-6-14-32(34)26-36(48(46)58)50(60)52-38-18-10-12-20-42(38)62-2/h5-28,53-54H,1-4H3,(H,51,59)(H,52,60)/b55-45-,56-46-. The van der Waals surface area contributed by atoms with Crippen LogP contribution in [0.25, 0.3) is 23.3 Å². The lowest BCUT2D eigenvalue weighted by Gasteiger charge is -2.19.